The zero-order valence-corrected chi connectivity index (χ0v) is 16.7. The van der Waals surface area contributed by atoms with Crippen LogP contribution >= 0.6 is 11.6 Å². The van der Waals surface area contributed by atoms with Gasteiger partial charge in [0.25, 0.3) is 0 Å². The van der Waals surface area contributed by atoms with E-state index in [1.165, 1.54) is 0 Å². The van der Waals surface area contributed by atoms with Gasteiger partial charge in [-0.2, -0.15) is 0 Å². The summed E-state index contributed by atoms with van der Waals surface area (Å²) in [4.78, 5) is 21.6. The van der Waals surface area contributed by atoms with Crippen molar-refractivity contribution in [1.29, 1.82) is 0 Å². The second-order valence-electron chi connectivity index (χ2n) is 7.01. The van der Waals surface area contributed by atoms with Crippen molar-refractivity contribution in [2.45, 2.75) is 12.9 Å². The third-order valence-electron chi connectivity index (χ3n) is 5.06. The fourth-order valence-corrected chi connectivity index (χ4v) is 3.90. The molecule has 7 heteroatoms. The van der Waals surface area contributed by atoms with E-state index in [-0.39, 0.29) is 6.03 Å². The normalized spacial score (nSPS) is 14.2. The van der Waals surface area contributed by atoms with Crippen LogP contribution in [0.25, 0.3) is 11.0 Å². The number of carbonyl (C=O) groups excluding carboxylic acids is 1. The predicted molar refractivity (Wildman–Crippen MR) is 121 cm³/mol. The van der Waals surface area contributed by atoms with E-state index in [9.17, 15) is 4.79 Å². The summed E-state index contributed by atoms with van der Waals surface area (Å²) in [6.07, 6.45) is 3.97. The summed E-state index contributed by atoms with van der Waals surface area (Å²) in [5, 5.41) is 6.95. The number of pyridine rings is 1. The van der Waals surface area contributed by atoms with E-state index in [2.05, 4.69) is 20.6 Å². The Bertz CT molecular complexity index is 1320. The first-order valence-electron chi connectivity index (χ1n) is 10.6. The Morgan fingerprint density at radius 1 is 1.20 bits per heavy atom. The molecular formula is C23H20ClN5O. The van der Waals surface area contributed by atoms with Crippen LogP contribution in [0, 0.1) is 0 Å². The third-order valence-corrected chi connectivity index (χ3v) is 5.30. The first-order valence-corrected chi connectivity index (χ1v) is 9.97. The van der Waals surface area contributed by atoms with Crippen LogP contribution in [0.1, 0.15) is 13.9 Å². The van der Waals surface area contributed by atoms with E-state index in [0.717, 1.165) is 16.6 Å². The Morgan fingerprint density at radius 3 is 3.00 bits per heavy atom. The van der Waals surface area contributed by atoms with Crippen molar-refractivity contribution in [2.24, 2.45) is 0 Å². The van der Waals surface area contributed by atoms with Gasteiger partial charge in [-0.05, 0) is 54.4 Å². The smallest absolute Gasteiger partial charge is 0.323 e. The fraction of sp³-hybridized carbons (Fsp3) is 0.130. The molecule has 2 aromatic carbocycles. The van der Waals surface area contributed by atoms with E-state index in [1.54, 1.807) is 47.6 Å². The molecule has 5 rings (SSSR count). The highest BCUT2D eigenvalue weighted by molar-refractivity contribution is 6.30. The molecule has 0 bridgehead atoms. The standard InChI is InChI=1S/C23H20ClN5O/c24-16-4-1-5-17(12-16)27-23(30)28-20-7-2-8-21-19(20)9-11-29(21)14-15-13-26-22-18(15)6-3-10-25-22/h1-8,10,12-13H,9,11,14H2,(H,25,26)(H2,27,28,30)/i14D2. The van der Waals surface area contributed by atoms with Gasteiger partial charge in [0.15, 0.2) is 0 Å². The van der Waals surface area contributed by atoms with Crippen molar-refractivity contribution in [2.75, 3.05) is 22.1 Å². The summed E-state index contributed by atoms with van der Waals surface area (Å²) in [6, 6.07) is 15.7. The molecule has 4 aromatic rings. The molecule has 0 aliphatic carbocycles. The summed E-state index contributed by atoms with van der Waals surface area (Å²) >= 11 is 5.98. The van der Waals surface area contributed by atoms with Gasteiger partial charge in [-0.15, -0.1) is 0 Å². The number of carbonyl (C=O) groups is 1. The Labute approximate surface area is 181 Å². The van der Waals surface area contributed by atoms with E-state index < -0.39 is 6.50 Å². The maximum atomic E-state index is 12.5. The predicted octanol–water partition coefficient (Wildman–Crippen LogP) is 5.42. The molecule has 3 N–H and O–H groups in total. The summed E-state index contributed by atoms with van der Waals surface area (Å²) in [7, 11) is 0. The van der Waals surface area contributed by atoms with Crippen molar-refractivity contribution in [1.82, 2.24) is 9.97 Å². The molecule has 0 saturated carbocycles. The van der Waals surface area contributed by atoms with Crippen molar-refractivity contribution in [3.8, 4) is 0 Å². The molecule has 0 unspecified atom stereocenters. The average Bonchev–Trinajstić information content (AvgIpc) is 3.39. The lowest BCUT2D eigenvalue weighted by atomic mass is 10.1. The number of halogens is 1. The third kappa shape index (κ3) is 3.57. The van der Waals surface area contributed by atoms with Crippen LogP contribution in [-0.2, 0) is 12.9 Å². The number of benzene rings is 2. The van der Waals surface area contributed by atoms with Gasteiger partial charge in [0.1, 0.15) is 5.65 Å². The topological polar surface area (TPSA) is 73.0 Å². The first-order chi connectivity index (χ1) is 15.4. The summed E-state index contributed by atoms with van der Waals surface area (Å²) in [5.74, 6) is 0. The number of hydrogen-bond donors (Lipinski definition) is 3. The molecule has 1 aliphatic rings. The molecule has 0 saturated heterocycles. The van der Waals surface area contributed by atoms with Crippen LogP contribution in [0.15, 0.2) is 67.0 Å². The van der Waals surface area contributed by atoms with Crippen LogP contribution in [-0.4, -0.2) is 22.5 Å². The van der Waals surface area contributed by atoms with Crippen molar-refractivity contribution < 1.29 is 7.54 Å². The molecule has 150 valence electrons. The van der Waals surface area contributed by atoms with Crippen LogP contribution < -0.4 is 15.5 Å². The van der Waals surface area contributed by atoms with E-state index in [4.69, 9.17) is 14.3 Å². The quantitative estimate of drug-likeness (QED) is 0.413. The molecule has 30 heavy (non-hydrogen) atoms. The van der Waals surface area contributed by atoms with Crippen LogP contribution in [0.3, 0.4) is 0 Å². The van der Waals surface area contributed by atoms with Gasteiger partial charge < -0.3 is 20.5 Å². The number of rotatable bonds is 4. The lowest BCUT2D eigenvalue weighted by molar-refractivity contribution is 0.262. The number of aromatic amines is 1. The highest BCUT2D eigenvalue weighted by Gasteiger charge is 2.23. The summed E-state index contributed by atoms with van der Waals surface area (Å²) < 4.78 is 17.8. The first kappa shape index (κ1) is 16.3. The molecule has 2 aromatic heterocycles. The highest BCUT2D eigenvalue weighted by atomic mass is 35.5. The molecular weight excluding hydrogens is 398 g/mol. The lowest BCUT2D eigenvalue weighted by Crippen LogP contribution is -2.20. The van der Waals surface area contributed by atoms with Gasteiger partial charge in [0.2, 0.25) is 0 Å². The van der Waals surface area contributed by atoms with Crippen LogP contribution in [0.4, 0.5) is 21.9 Å². The maximum absolute atomic E-state index is 12.5. The SMILES string of the molecule is [2H]C([2H])(c1c[nH]c2ncccc12)N1CCc2c(NC(=O)Nc3cccc(Cl)c3)cccc21. The number of nitrogens with one attached hydrogen (secondary N) is 3. The van der Waals surface area contributed by atoms with Gasteiger partial charge in [-0.25, -0.2) is 9.78 Å². The van der Waals surface area contributed by atoms with Gasteiger partial charge in [-0.1, -0.05) is 23.7 Å². The molecule has 3 heterocycles. The van der Waals surface area contributed by atoms with Crippen molar-refractivity contribution >= 4 is 45.7 Å². The number of H-pyrrole nitrogens is 1. The Morgan fingerprint density at radius 2 is 2.10 bits per heavy atom. The number of amides is 2. The largest absolute Gasteiger partial charge is 0.367 e. The highest BCUT2D eigenvalue weighted by Crippen LogP contribution is 2.35. The Hall–Kier alpha value is -3.51. The summed E-state index contributed by atoms with van der Waals surface area (Å²) in [6.45, 7) is -1.27. The minimum Gasteiger partial charge on any atom is -0.367 e. The molecule has 0 atom stereocenters. The number of hydrogen-bond acceptors (Lipinski definition) is 3. The van der Waals surface area contributed by atoms with Gasteiger partial charge in [0.05, 0.1) is 2.74 Å². The Balaban J connectivity index is 1.41. The molecule has 2 amide bonds. The number of aromatic nitrogens is 2. The van der Waals surface area contributed by atoms with Gasteiger partial charge in [0, 0.05) is 58.5 Å². The zero-order valence-electron chi connectivity index (χ0n) is 17.9. The second-order valence-corrected chi connectivity index (χ2v) is 7.44. The zero-order chi connectivity index (χ0) is 22.3. The van der Waals surface area contributed by atoms with E-state index in [0.29, 0.717) is 40.6 Å². The second kappa shape index (κ2) is 7.72. The number of nitrogens with zero attached hydrogens (tertiary/aromatic N) is 2. The number of anilines is 3. The van der Waals surface area contributed by atoms with Crippen molar-refractivity contribution in [3.05, 3.63) is 83.1 Å². The fourth-order valence-electron chi connectivity index (χ4n) is 3.71. The molecule has 0 radical (unpaired) electrons. The van der Waals surface area contributed by atoms with Crippen LogP contribution in [0.2, 0.25) is 5.02 Å². The summed E-state index contributed by atoms with van der Waals surface area (Å²) in [5.41, 5.74) is 4.09. The lowest BCUT2D eigenvalue weighted by Gasteiger charge is -2.19. The Kier molecular flexibility index (Phi) is 4.20. The van der Waals surface area contributed by atoms with Gasteiger partial charge in [-0.3, -0.25) is 0 Å². The maximum Gasteiger partial charge on any atom is 0.323 e. The minimum atomic E-state index is -1.76. The monoisotopic (exact) mass is 419 g/mol. The van der Waals surface area contributed by atoms with E-state index in [1.807, 2.05) is 24.3 Å². The van der Waals surface area contributed by atoms with E-state index >= 15 is 0 Å². The average molecular weight is 420 g/mol. The van der Waals surface area contributed by atoms with Crippen LogP contribution in [0.5, 0.6) is 0 Å². The van der Waals surface area contributed by atoms with Crippen molar-refractivity contribution in [3.63, 3.8) is 0 Å². The number of fused-ring (bicyclic) bond motifs is 2. The minimum absolute atomic E-state index is 0.384. The van der Waals surface area contributed by atoms with Gasteiger partial charge >= 0.3 is 6.03 Å². The molecule has 6 nitrogen and oxygen atoms in total. The number of urea groups is 1. The molecule has 1 aliphatic heterocycles. The molecule has 0 spiro atoms. The molecule has 0 fully saturated rings.